The van der Waals surface area contributed by atoms with E-state index in [0.29, 0.717) is 0 Å². The topological polar surface area (TPSA) is 22.8 Å². The lowest BCUT2D eigenvalue weighted by molar-refractivity contribution is 1.08. The molecule has 0 N–H and O–H groups in total. The summed E-state index contributed by atoms with van der Waals surface area (Å²) in [6.45, 7) is 0. The van der Waals surface area contributed by atoms with Crippen molar-refractivity contribution < 1.29 is 0 Å². The van der Waals surface area contributed by atoms with Gasteiger partial charge in [0.25, 0.3) is 0 Å². The first kappa shape index (κ1) is 30.4. The maximum atomic E-state index is 5.28. The Labute approximate surface area is 313 Å². The van der Waals surface area contributed by atoms with Crippen molar-refractivity contribution in [3.63, 3.8) is 0 Å². The van der Waals surface area contributed by atoms with Gasteiger partial charge in [0.15, 0.2) is 0 Å². The van der Waals surface area contributed by atoms with Crippen LogP contribution in [0.4, 0.5) is 0 Å². The van der Waals surface area contributed by atoms with Gasteiger partial charge in [-0.05, 0) is 88.5 Å². The van der Waals surface area contributed by atoms with E-state index in [-0.39, 0.29) is 0 Å². The van der Waals surface area contributed by atoms with Crippen LogP contribution >= 0.6 is 0 Å². The van der Waals surface area contributed by atoms with Crippen LogP contribution in [0.5, 0.6) is 0 Å². The first-order valence-electron chi connectivity index (χ1n) is 18.5. The molecule has 3 nitrogen and oxygen atoms in total. The Hall–Kier alpha value is -7.23. The predicted octanol–water partition coefficient (Wildman–Crippen LogP) is 13.4. The largest absolute Gasteiger partial charge is 0.309 e. The van der Waals surface area contributed by atoms with Gasteiger partial charge in [0.2, 0.25) is 0 Å². The van der Waals surface area contributed by atoms with Gasteiger partial charge in [-0.2, -0.15) is 0 Å². The monoisotopic (exact) mass is 687 g/mol. The summed E-state index contributed by atoms with van der Waals surface area (Å²) < 4.78 is 4.74. The lowest BCUT2D eigenvalue weighted by Crippen LogP contribution is -2.05. The summed E-state index contributed by atoms with van der Waals surface area (Å²) in [5.41, 5.74) is 15.0. The number of fused-ring (bicyclic) bond motifs is 7. The van der Waals surface area contributed by atoms with E-state index in [1.165, 1.54) is 60.6 Å². The third-order valence-electron chi connectivity index (χ3n) is 10.9. The van der Waals surface area contributed by atoms with Gasteiger partial charge in [-0.25, -0.2) is 4.98 Å². The van der Waals surface area contributed by atoms with Crippen molar-refractivity contribution >= 4 is 43.6 Å². The van der Waals surface area contributed by atoms with Crippen molar-refractivity contribution in [2.75, 3.05) is 0 Å². The summed E-state index contributed by atoms with van der Waals surface area (Å²) in [5, 5.41) is 4.87. The van der Waals surface area contributed by atoms with Crippen LogP contribution in [0.1, 0.15) is 0 Å². The number of hydrogen-bond donors (Lipinski definition) is 0. The first-order chi connectivity index (χ1) is 26.8. The summed E-state index contributed by atoms with van der Waals surface area (Å²) in [6.07, 6.45) is 0. The highest BCUT2D eigenvalue weighted by molar-refractivity contribution is 6.09. The molecule has 0 atom stereocenters. The van der Waals surface area contributed by atoms with Crippen molar-refractivity contribution in [2.45, 2.75) is 0 Å². The minimum Gasteiger partial charge on any atom is -0.309 e. The van der Waals surface area contributed by atoms with E-state index >= 15 is 0 Å². The second kappa shape index (κ2) is 12.2. The van der Waals surface area contributed by atoms with Crippen LogP contribution in [0.15, 0.2) is 200 Å². The lowest BCUT2D eigenvalue weighted by Gasteiger charge is -2.21. The Morgan fingerprint density at radius 1 is 0.333 bits per heavy atom. The SMILES string of the molecule is c1ccc(-c2cc(-c3ccccc3)c3c(c2)cc2c4ccccc4nc-2n3-c2ccc(-c3ccc(-n4c5ccccc5c5ccccc54)cc3)cc2)cc1. The van der Waals surface area contributed by atoms with Crippen LogP contribution in [0.3, 0.4) is 0 Å². The molecular weight excluding hydrogens is 655 g/mol. The molecule has 2 aliphatic rings. The molecule has 0 saturated carbocycles. The molecule has 1 aromatic heterocycles. The molecule has 0 aliphatic carbocycles. The van der Waals surface area contributed by atoms with Crippen LogP contribution in [0.25, 0.3) is 99.8 Å². The van der Waals surface area contributed by atoms with Gasteiger partial charge < -0.3 is 4.57 Å². The van der Waals surface area contributed by atoms with E-state index < -0.39 is 0 Å². The van der Waals surface area contributed by atoms with E-state index in [1.54, 1.807) is 0 Å². The fraction of sp³-hybridized carbons (Fsp3) is 0. The highest BCUT2D eigenvalue weighted by atomic mass is 15.1. The summed E-state index contributed by atoms with van der Waals surface area (Å²) in [7, 11) is 0. The van der Waals surface area contributed by atoms with E-state index in [2.05, 4.69) is 209 Å². The summed E-state index contributed by atoms with van der Waals surface area (Å²) >= 11 is 0. The number of aromatic nitrogens is 3. The molecule has 3 heteroatoms. The molecule has 0 amide bonds. The average Bonchev–Trinajstić information content (AvgIpc) is 3.79. The molecule has 2 aliphatic heterocycles. The van der Waals surface area contributed by atoms with Crippen LogP contribution < -0.4 is 0 Å². The molecule has 0 spiro atoms. The Bertz CT molecular complexity index is 3060. The van der Waals surface area contributed by atoms with Crippen molar-refractivity contribution in [2.24, 2.45) is 0 Å². The fourth-order valence-electron chi connectivity index (χ4n) is 8.38. The van der Waals surface area contributed by atoms with Gasteiger partial charge in [-0.1, -0.05) is 140 Å². The molecule has 0 saturated heterocycles. The highest BCUT2D eigenvalue weighted by Crippen LogP contribution is 2.42. The maximum Gasteiger partial charge on any atom is 0.146 e. The average molecular weight is 688 g/mol. The molecule has 11 rings (SSSR count). The Morgan fingerprint density at radius 3 is 1.46 bits per heavy atom. The van der Waals surface area contributed by atoms with Crippen LogP contribution in [0.2, 0.25) is 0 Å². The van der Waals surface area contributed by atoms with Crippen LogP contribution in [0, 0.1) is 0 Å². The van der Waals surface area contributed by atoms with Crippen molar-refractivity contribution in [1.29, 1.82) is 0 Å². The normalized spacial score (nSPS) is 11.7. The molecule has 54 heavy (non-hydrogen) atoms. The number of hydrogen-bond acceptors (Lipinski definition) is 1. The first-order valence-corrected chi connectivity index (χ1v) is 18.5. The summed E-state index contributed by atoms with van der Waals surface area (Å²) in [5.74, 6) is 0.955. The molecular formula is C51H33N3. The van der Waals surface area contributed by atoms with Crippen LogP contribution in [-0.2, 0) is 0 Å². The summed E-state index contributed by atoms with van der Waals surface area (Å²) in [4.78, 5) is 5.28. The van der Waals surface area contributed by atoms with Gasteiger partial charge in [0, 0.05) is 44.0 Å². The number of nitrogens with zero attached hydrogens (tertiary/aromatic N) is 3. The van der Waals surface area contributed by atoms with Gasteiger partial charge in [-0.15, -0.1) is 0 Å². The smallest absolute Gasteiger partial charge is 0.146 e. The Morgan fingerprint density at radius 2 is 0.833 bits per heavy atom. The van der Waals surface area contributed by atoms with Crippen molar-refractivity contribution in [3.8, 4) is 56.1 Å². The quantitative estimate of drug-likeness (QED) is 0.177. The standard InChI is InChI=1S/C51H33N3/c1-3-13-34(14-4-1)38-31-39-33-46-42-17-7-10-20-47(42)52-51(46)54(50(39)45(32-38)37-15-5-2-6-16-37)41-29-25-36(26-30-41)35-23-27-40(28-24-35)53-48-21-11-8-18-43(48)44-19-9-12-22-49(44)53/h1-33H. The molecule has 8 aromatic carbocycles. The Kier molecular flexibility index (Phi) is 6.86. The van der Waals surface area contributed by atoms with Gasteiger partial charge in [0.1, 0.15) is 5.82 Å². The third kappa shape index (κ3) is 4.79. The van der Waals surface area contributed by atoms with Crippen molar-refractivity contribution in [3.05, 3.63) is 200 Å². The maximum absolute atomic E-state index is 5.28. The minimum atomic E-state index is 0.955. The zero-order valence-electron chi connectivity index (χ0n) is 29.4. The number of rotatable bonds is 5. The molecule has 9 aromatic rings. The number of pyridine rings is 1. The van der Waals surface area contributed by atoms with Crippen LogP contribution in [-0.4, -0.2) is 14.1 Å². The molecule has 0 fully saturated rings. The predicted molar refractivity (Wildman–Crippen MR) is 226 cm³/mol. The van der Waals surface area contributed by atoms with Gasteiger partial charge in [0.05, 0.1) is 22.1 Å². The zero-order valence-corrected chi connectivity index (χ0v) is 29.4. The lowest BCUT2D eigenvalue weighted by atomic mass is 9.93. The summed E-state index contributed by atoms with van der Waals surface area (Å²) in [6, 6.07) is 72.1. The molecule has 0 unspecified atom stereocenters. The minimum absolute atomic E-state index is 0.955. The molecule has 0 radical (unpaired) electrons. The highest BCUT2D eigenvalue weighted by Gasteiger charge is 2.22. The van der Waals surface area contributed by atoms with E-state index in [4.69, 9.17) is 4.98 Å². The van der Waals surface area contributed by atoms with Gasteiger partial charge in [-0.3, -0.25) is 4.57 Å². The van der Waals surface area contributed by atoms with E-state index in [1.807, 2.05) is 0 Å². The number of para-hydroxylation sites is 3. The molecule has 252 valence electrons. The second-order valence-corrected chi connectivity index (χ2v) is 14.0. The van der Waals surface area contributed by atoms with E-state index in [9.17, 15) is 0 Å². The van der Waals surface area contributed by atoms with Gasteiger partial charge >= 0.3 is 0 Å². The van der Waals surface area contributed by atoms with Crippen molar-refractivity contribution in [1.82, 2.24) is 14.1 Å². The molecule has 0 bridgehead atoms. The Balaban J connectivity index is 1.08. The van der Waals surface area contributed by atoms with E-state index in [0.717, 1.165) is 39.2 Å². The fourth-order valence-corrected chi connectivity index (χ4v) is 8.38. The zero-order chi connectivity index (χ0) is 35.6. The third-order valence-corrected chi connectivity index (χ3v) is 10.9. The second-order valence-electron chi connectivity index (χ2n) is 14.0. The molecule has 3 heterocycles. The number of benzene rings is 8.